The number of hydrogen-bond acceptors (Lipinski definition) is 5. The van der Waals surface area contributed by atoms with Crippen molar-refractivity contribution >= 4 is 17.5 Å². The maximum absolute atomic E-state index is 12.7. The van der Waals surface area contributed by atoms with Gasteiger partial charge in [0.1, 0.15) is 18.2 Å². The van der Waals surface area contributed by atoms with Crippen LogP contribution < -0.4 is 16.2 Å². The van der Waals surface area contributed by atoms with Gasteiger partial charge in [-0.2, -0.15) is 5.26 Å². The molecular weight excluding hydrogens is 466 g/mol. The molecule has 2 aromatic carbocycles. The van der Waals surface area contributed by atoms with Gasteiger partial charge in [0, 0.05) is 42.6 Å². The van der Waals surface area contributed by atoms with Crippen LogP contribution in [0.15, 0.2) is 65.5 Å². The molecule has 2 heterocycles. The van der Waals surface area contributed by atoms with Gasteiger partial charge in [-0.05, 0) is 68.1 Å². The van der Waals surface area contributed by atoms with Gasteiger partial charge in [-0.15, -0.1) is 0 Å². The minimum Gasteiger partial charge on any atom is -0.349 e. The van der Waals surface area contributed by atoms with Crippen molar-refractivity contribution in [2.75, 3.05) is 18.4 Å². The van der Waals surface area contributed by atoms with Crippen LogP contribution in [0.3, 0.4) is 0 Å². The molecule has 1 saturated heterocycles. The highest BCUT2D eigenvalue weighted by atomic mass is 16.2. The first-order valence-corrected chi connectivity index (χ1v) is 12.4. The van der Waals surface area contributed by atoms with Gasteiger partial charge in [0.15, 0.2) is 0 Å². The number of benzene rings is 2. The topological polar surface area (TPSA) is 107 Å². The van der Waals surface area contributed by atoms with E-state index in [1.54, 1.807) is 44.2 Å². The van der Waals surface area contributed by atoms with Crippen molar-refractivity contribution in [1.29, 1.82) is 5.26 Å². The normalized spacial score (nSPS) is 14.1. The third-order valence-corrected chi connectivity index (χ3v) is 6.72. The molecule has 2 amide bonds. The zero-order chi connectivity index (χ0) is 26.4. The Labute approximate surface area is 216 Å². The molecular formula is C29H31N5O3. The molecule has 2 N–H and O–H groups in total. The van der Waals surface area contributed by atoms with Gasteiger partial charge in [0.05, 0.1) is 0 Å². The van der Waals surface area contributed by atoms with E-state index in [9.17, 15) is 19.6 Å². The molecule has 8 heteroatoms. The minimum atomic E-state index is -0.479. The first-order chi connectivity index (χ1) is 17.8. The molecule has 0 unspecified atom stereocenters. The molecule has 4 rings (SSSR count). The highest BCUT2D eigenvalue weighted by molar-refractivity contribution is 5.96. The van der Waals surface area contributed by atoms with Crippen LogP contribution in [-0.4, -0.2) is 40.4 Å². The average molecular weight is 498 g/mol. The summed E-state index contributed by atoms with van der Waals surface area (Å²) in [6.07, 6.45) is 1.80. The zero-order valence-corrected chi connectivity index (χ0v) is 21.2. The molecule has 37 heavy (non-hydrogen) atoms. The number of carbonyl (C=O) groups is 2. The number of piperidine rings is 1. The van der Waals surface area contributed by atoms with Crippen molar-refractivity contribution in [2.24, 2.45) is 0 Å². The Balaban J connectivity index is 1.28. The predicted octanol–water partition coefficient (Wildman–Crippen LogP) is 3.37. The van der Waals surface area contributed by atoms with Crippen molar-refractivity contribution < 1.29 is 9.59 Å². The van der Waals surface area contributed by atoms with Crippen LogP contribution in [0.4, 0.5) is 5.69 Å². The Morgan fingerprint density at radius 1 is 1.03 bits per heavy atom. The van der Waals surface area contributed by atoms with Gasteiger partial charge in [-0.3, -0.25) is 19.3 Å². The molecule has 190 valence electrons. The molecule has 1 aliphatic heterocycles. The molecule has 0 atom stereocenters. The highest BCUT2D eigenvalue weighted by Crippen LogP contribution is 2.16. The molecule has 0 spiro atoms. The summed E-state index contributed by atoms with van der Waals surface area (Å²) in [4.78, 5) is 40.2. The highest BCUT2D eigenvalue weighted by Gasteiger charge is 2.21. The number of hydrogen-bond donors (Lipinski definition) is 2. The molecule has 1 aliphatic rings. The number of amides is 2. The minimum absolute atomic E-state index is 0.0376. The summed E-state index contributed by atoms with van der Waals surface area (Å²) in [7, 11) is 0. The van der Waals surface area contributed by atoms with E-state index in [2.05, 4.69) is 39.8 Å². The molecule has 1 fully saturated rings. The monoisotopic (exact) mass is 497 g/mol. The Hall–Kier alpha value is -4.22. The van der Waals surface area contributed by atoms with Crippen LogP contribution in [0, 0.1) is 25.2 Å². The van der Waals surface area contributed by atoms with Gasteiger partial charge in [-0.25, -0.2) is 0 Å². The number of nitrogens with one attached hydrogen (secondary N) is 2. The lowest BCUT2D eigenvalue weighted by Gasteiger charge is -2.32. The van der Waals surface area contributed by atoms with Crippen LogP contribution in [0.2, 0.25) is 0 Å². The number of aryl methyl sites for hydroxylation is 2. The van der Waals surface area contributed by atoms with Crippen LogP contribution in [0.5, 0.6) is 0 Å². The smallest absolute Gasteiger partial charge is 0.269 e. The summed E-state index contributed by atoms with van der Waals surface area (Å²) < 4.78 is 1.29. The Bertz CT molecular complexity index is 1370. The van der Waals surface area contributed by atoms with E-state index in [1.165, 1.54) is 10.1 Å². The number of carbonyl (C=O) groups excluding carboxylic acids is 2. The lowest BCUT2D eigenvalue weighted by atomic mass is 10.0. The SMILES string of the molecule is Cc1cc(C)n(CC(=O)Nc2ccc(C(=O)NC3CCN(Cc4ccccc4)CC3)cc2)c(=O)c1C#N. The summed E-state index contributed by atoms with van der Waals surface area (Å²) in [5.41, 5.74) is 3.10. The van der Waals surface area contributed by atoms with Gasteiger partial charge in [0.2, 0.25) is 5.91 Å². The first-order valence-electron chi connectivity index (χ1n) is 12.4. The van der Waals surface area contributed by atoms with E-state index in [0.717, 1.165) is 32.5 Å². The largest absolute Gasteiger partial charge is 0.349 e. The Kier molecular flexibility index (Phi) is 8.16. The molecule has 0 aliphatic carbocycles. The van der Waals surface area contributed by atoms with E-state index >= 15 is 0 Å². The molecule has 0 radical (unpaired) electrons. The van der Waals surface area contributed by atoms with Crippen molar-refractivity contribution in [3.63, 3.8) is 0 Å². The van der Waals surface area contributed by atoms with Gasteiger partial charge in [0.25, 0.3) is 11.5 Å². The Morgan fingerprint density at radius 3 is 2.35 bits per heavy atom. The van der Waals surface area contributed by atoms with Crippen LogP contribution in [0.25, 0.3) is 0 Å². The third kappa shape index (κ3) is 6.51. The summed E-state index contributed by atoms with van der Waals surface area (Å²) in [5.74, 6) is -0.525. The molecule has 8 nitrogen and oxygen atoms in total. The molecule has 0 saturated carbocycles. The average Bonchev–Trinajstić information content (AvgIpc) is 2.89. The summed E-state index contributed by atoms with van der Waals surface area (Å²) >= 11 is 0. The quantitative estimate of drug-likeness (QED) is 0.521. The fourth-order valence-corrected chi connectivity index (χ4v) is 4.65. The second-order valence-corrected chi connectivity index (χ2v) is 9.48. The molecule has 3 aromatic rings. The van der Waals surface area contributed by atoms with E-state index in [1.807, 2.05) is 12.1 Å². The maximum Gasteiger partial charge on any atom is 0.269 e. The zero-order valence-electron chi connectivity index (χ0n) is 21.2. The second kappa shape index (κ2) is 11.7. The fourth-order valence-electron chi connectivity index (χ4n) is 4.65. The summed E-state index contributed by atoms with van der Waals surface area (Å²) in [6.45, 7) is 6.01. The first kappa shape index (κ1) is 25.9. The molecule has 1 aromatic heterocycles. The summed E-state index contributed by atoms with van der Waals surface area (Å²) in [5, 5.41) is 15.1. The van der Waals surface area contributed by atoms with Crippen molar-refractivity contribution in [2.45, 2.75) is 45.8 Å². The van der Waals surface area contributed by atoms with E-state index in [-0.39, 0.29) is 24.1 Å². The van der Waals surface area contributed by atoms with Crippen LogP contribution >= 0.6 is 0 Å². The number of pyridine rings is 1. The molecule has 0 bridgehead atoms. The van der Waals surface area contributed by atoms with Crippen LogP contribution in [-0.2, 0) is 17.9 Å². The van der Waals surface area contributed by atoms with Gasteiger partial charge < -0.3 is 15.2 Å². The number of nitrogens with zero attached hydrogens (tertiary/aromatic N) is 3. The number of anilines is 1. The predicted molar refractivity (Wildman–Crippen MR) is 142 cm³/mol. The number of aromatic nitrogens is 1. The standard InChI is InChI=1S/C29H31N5O3/c1-20-16-21(2)34(29(37)26(20)17-30)19-27(35)31-24-10-8-23(9-11-24)28(36)32-25-12-14-33(15-13-25)18-22-6-4-3-5-7-22/h3-11,16,25H,12-15,18-19H2,1-2H3,(H,31,35)(H,32,36). The van der Waals surface area contributed by atoms with E-state index < -0.39 is 11.5 Å². The maximum atomic E-state index is 12.7. The van der Waals surface area contributed by atoms with Gasteiger partial charge >= 0.3 is 0 Å². The fraction of sp³-hybridized carbons (Fsp3) is 0.310. The third-order valence-electron chi connectivity index (χ3n) is 6.72. The second-order valence-electron chi connectivity index (χ2n) is 9.48. The lowest BCUT2D eigenvalue weighted by Crippen LogP contribution is -2.44. The van der Waals surface area contributed by atoms with E-state index in [0.29, 0.717) is 22.5 Å². The lowest BCUT2D eigenvalue weighted by molar-refractivity contribution is -0.116. The summed E-state index contributed by atoms with van der Waals surface area (Å²) in [6, 6.07) is 20.8. The van der Waals surface area contributed by atoms with Crippen molar-refractivity contribution in [3.05, 3.63) is 99.0 Å². The van der Waals surface area contributed by atoms with Crippen molar-refractivity contribution in [1.82, 2.24) is 14.8 Å². The number of likely N-dealkylation sites (tertiary alicyclic amines) is 1. The number of nitriles is 1. The number of rotatable bonds is 7. The van der Waals surface area contributed by atoms with Crippen LogP contribution in [0.1, 0.15) is 45.6 Å². The Morgan fingerprint density at radius 2 is 1.70 bits per heavy atom. The van der Waals surface area contributed by atoms with E-state index in [4.69, 9.17) is 0 Å². The van der Waals surface area contributed by atoms with Crippen molar-refractivity contribution in [3.8, 4) is 6.07 Å². The van der Waals surface area contributed by atoms with Gasteiger partial charge in [-0.1, -0.05) is 30.3 Å².